The molecule has 0 radical (unpaired) electrons. The van der Waals surface area contributed by atoms with Gasteiger partial charge in [-0.2, -0.15) is 5.26 Å². The minimum absolute atomic E-state index is 0.216. The largest absolute Gasteiger partial charge is 0.391 e. The number of nitrogens with zero attached hydrogens (tertiary/aromatic N) is 2. The number of aliphatic hydroxyl groups is 1. The first-order chi connectivity index (χ1) is 7.72. The lowest BCUT2D eigenvalue weighted by atomic mass is 10.1. The number of likely N-dealkylation sites (N-methyl/N-ethyl adjacent to an activating group) is 1. The maximum Gasteiger partial charge on any atom is 0.0991 e. The zero-order valence-corrected chi connectivity index (χ0v) is 9.43. The fourth-order valence-electron chi connectivity index (χ4n) is 2.34. The van der Waals surface area contributed by atoms with E-state index >= 15 is 0 Å². The molecule has 0 unspecified atom stereocenters. The Balaban J connectivity index is 2.14. The number of anilines is 1. The Morgan fingerprint density at radius 2 is 2.00 bits per heavy atom. The van der Waals surface area contributed by atoms with Crippen LogP contribution in [0.3, 0.4) is 0 Å². The Morgan fingerprint density at radius 1 is 1.31 bits per heavy atom. The van der Waals surface area contributed by atoms with Crippen LogP contribution in [0.15, 0.2) is 24.3 Å². The summed E-state index contributed by atoms with van der Waals surface area (Å²) in [5.74, 6) is 0. The first-order valence-corrected chi connectivity index (χ1v) is 5.63. The van der Waals surface area contributed by atoms with Crippen molar-refractivity contribution in [3.63, 3.8) is 0 Å². The predicted molar refractivity (Wildman–Crippen MR) is 63.2 cm³/mol. The summed E-state index contributed by atoms with van der Waals surface area (Å²) in [6.45, 7) is 0. The maximum atomic E-state index is 9.83. The van der Waals surface area contributed by atoms with Crippen molar-refractivity contribution in [2.24, 2.45) is 0 Å². The second-order valence-electron chi connectivity index (χ2n) is 4.34. The molecular weight excluding hydrogens is 200 g/mol. The van der Waals surface area contributed by atoms with E-state index in [4.69, 9.17) is 5.26 Å². The fourth-order valence-corrected chi connectivity index (χ4v) is 2.34. The average molecular weight is 216 g/mol. The molecule has 1 saturated carbocycles. The molecule has 1 aliphatic rings. The molecule has 3 nitrogen and oxygen atoms in total. The predicted octanol–water partition coefficient (Wildman–Crippen LogP) is 1.91. The summed E-state index contributed by atoms with van der Waals surface area (Å²) in [5.41, 5.74) is 1.73. The van der Waals surface area contributed by atoms with E-state index in [1.807, 2.05) is 31.3 Å². The lowest BCUT2D eigenvalue weighted by Gasteiger charge is -2.29. The summed E-state index contributed by atoms with van der Waals surface area (Å²) in [6, 6.07) is 9.81. The first-order valence-electron chi connectivity index (χ1n) is 5.63. The number of hydrogen-bond donors (Lipinski definition) is 1. The van der Waals surface area contributed by atoms with Gasteiger partial charge in [-0.3, -0.25) is 0 Å². The van der Waals surface area contributed by atoms with Crippen LogP contribution in [-0.2, 0) is 0 Å². The van der Waals surface area contributed by atoms with Gasteiger partial charge in [-0.25, -0.2) is 0 Å². The molecular formula is C13H16N2O. The standard InChI is InChI=1S/C13H16N2O/c1-15(12-3-2-4-13(12)16)11-7-5-10(9-14)6-8-11/h5-8,12-13,16H,2-4H2,1H3/t12-,13-/m0/s1. The lowest BCUT2D eigenvalue weighted by molar-refractivity contribution is 0.163. The molecule has 2 atom stereocenters. The summed E-state index contributed by atoms with van der Waals surface area (Å²) in [5, 5.41) is 18.5. The van der Waals surface area contributed by atoms with Gasteiger partial charge in [-0.1, -0.05) is 0 Å². The van der Waals surface area contributed by atoms with E-state index in [0.29, 0.717) is 5.56 Å². The van der Waals surface area contributed by atoms with E-state index in [9.17, 15) is 5.11 Å². The van der Waals surface area contributed by atoms with Gasteiger partial charge in [0.15, 0.2) is 0 Å². The molecule has 2 rings (SSSR count). The summed E-state index contributed by atoms with van der Waals surface area (Å²) < 4.78 is 0. The zero-order valence-electron chi connectivity index (χ0n) is 9.43. The van der Waals surface area contributed by atoms with Gasteiger partial charge in [-0.05, 0) is 43.5 Å². The molecule has 84 valence electrons. The Bertz CT molecular complexity index is 393. The Kier molecular flexibility index (Phi) is 3.12. The highest BCUT2D eigenvalue weighted by Crippen LogP contribution is 2.27. The van der Waals surface area contributed by atoms with Gasteiger partial charge in [0.25, 0.3) is 0 Å². The SMILES string of the molecule is CN(c1ccc(C#N)cc1)[C@H]1CCC[C@@H]1O. The molecule has 0 aromatic heterocycles. The highest BCUT2D eigenvalue weighted by molar-refractivity contribution is 5.50. The third-order valence-electron chi connectivity index (χ3n) is 3.35. The molecule has 0 spiro atoms. The van der Waals surface area contributed by atoms with Gasteiger partial charge < -0.3 is 10.0 Å². The Labute approximate surface area is 95.9 Å². The van der Waals surface area contributed by atoms with Gasteiger partial charge >= 0.3 is 0 Å². The van der Waals surface area contributed by atoms with E-state index in [-0.39, 0.29) is 12.1 Å². The van der Waals surface area contributed by atoms with Crippen LogP contribution in [-0.4, -0.2) is 24.3 Å². The smallest absolute Gasteiger partial charge is 0.0991 e. The molecule has 1 aliphatic carbocycles. The first kappa shape index (κ1) is 11.0. The van der Waals surface area contributed by atoms with Crippen molar-refractivity contribution in [3.8, 4) is 6.07 Å². The molecule has 0 aliphatic heterocycles. The van der Waals surface area contributed by atoms with Crippen LogP contribution in [0.4, 0.5) is 5.69 Å². The molecule has 0 heterocycles. The molecule has 0 saturated heterocycles. The number of nitriles is 1. The van der Waals surface area contributed by atoms with Crippen LogP contribution in [0, 0.1) is 11.3 Å². The van der Waals surface area contributed by atoms with Crippen LogP contribution >= 0.6 is 0 Å². The van der Waals surface area contributed by atoms with Crippen molar-refractivity contribution >= 4 is 5.69 Å². The van der Waals surface area contributed by atoms with E-state index in [1.54, 1.807) is 0 Å². The number of aliphatic hydroxyl groups excluding tert-OH is 1. The number of benzene rings is 1. The minimum Gasteiger partial charge on any atom is -0.391 e. The third-order valence-corrected chi connectivity index (χ3v) is 3.35. The summed E-state index contributed by atoms with van der Waals surface area (Å²) in [4.78, 5) is 2.11. The topological polar surface area (TPSA) is 47.3 Å². The minimum atomic E-state index is -0.222. The van der Waals surface area contributed by atoms with Crippen molar-refractivity contribution in [1.82, 2.24) is 0 Å². The van der Waals surface area contributed by atoms with E-state index in [2.05, 4.69) is 11.0 Å². The second-order valence-corrected chi connectivity index (χ2v) is 4.34. The van der Waals surface area contributed by atoms with Crippen molar-refractivity contribution in [2.75, 3.05) is 11.9 Å². The van der Waals surface area contributed by atoms with Crippen LogP contribution in [0.5, 0.6) is 0 Å². The van der Waals surface area contributed by atoms with Crippen molar-refractivity contribution in [1.29, 1.82) is 5.26 Å². The van der Waals surface area contributed by atoms with Crippen LogP contribution in [0.2, 0.25) is 0 Å². The van der Waals surface area contributed by atoms with Crippen molar-refractivity contribution in [2.45, 2.75) is 31.4 Å². The monoisotopic (exact) mass is 216 g/mol. The number of rotatable bonds is 2. The molecule has 1 aromatic rings. The van der Waals surface area contributed by atoms with Gasteiger partial charge in [0, 0.05) is 12.7 Å². The number of hydrogen-bond acceptors (Lipinski definition) is 3. The summed E-state index contributed by atoms with van der Waals surface area (Å²) in [7, 11) is 2.00. The van der Waals surface area contributed by atoms with Crippen LogP contribution in [0.1, 0.15) is 24.8 Å². The third kappa shape index (κ3) is 2.02. The van der Waals surface area contributed by atoms with E-state index in [0.717, 1.165) is 24.9 Å². The Morgan fingerprint density at radius 3 is 2.50 bits per heavy atom. The van der Waals surface area contributed by atoms with Gasteiger partial charge in [0.05, 0.1) is 23.8 Å². The lowest BCUT2D eigenvalue weighted by Crippen LogP contribution is -2.37. The second kappa shape index (κ2) is 4.54. The molecule has 0 amide bonds. The molecule has 1 N–H and O–H groups in total. The molecule has 0 bridgehead atoms. The van der Waals surface area contributed by atoms with Gasteiger partial charge in [0.2, 0.25) is 0 Å². The highest BCUT2D eigenvalue weighted by atomic mass is 16.3. The molecule has 1 aromatic carbocycles. The summed E-state index contributed by atoms with van der Waals surface area (Å²) in [6.07, 6.45) is 2.80. The van der Waals surface area contributed by atoms with E-state index < -0.39 is 0 Å². The molecule has 16 heavy (non-hydrogen) atoms. The van der Waals surface area contributed by atoms with Crippen LogP contribution in [0.25, 0.3) is 0 Å². The van der Waals surface area contributed by atoms with E-state index in [1.165, 1.54) is 0 Å². The maximum absolute atomic E-state index is 9.83. The van der Waals surface area contributed by atoms with Crippen molar-refractivity contribution < 1.29 is 5.11 Å². The quantitative estimate of drug-likeness (QED) is 0.821. The molecule has 1 fully saturated rings. The highest BCUT2D eigenvalue weighted by Gasteiger charge is 2.28. The van der Waals surface area contributed by atoms with Gasteiger partial charge in [-0.15, -0.1) is 0 Å². The fraction of sp³-hybridized carbons (Fsp3) is 0.462. The normalized spacial score (nSPS) is 24.1. The average Bonchev–Trinajstić information content (AvgIpc) is 2.75. The zero-order chi connectivity index (χ0) is 11.5. The summed E-state index contributed by atoms with van der Waals surface area (Å²) >= 11 is 0. The Hall–Kier alpha value is -1.53. The van der Waals surface area contributed by atoms with Crippen LogP contribution < -0.4 is 4.90 Å². The van der Waals surface area contributed by atoms with Gasteiger partial charge in [0.1, 0.15) is 0 Å². The van der Waals surface area contributed by atoms with Crippen molar-refractivity contribution in [3.05, 3.63) is 29.8 Å². The molecule has 3 heteroatoms.